The molecule has 0 saturated carbocycles. The van der Waals surface area contributed by atoms with E-state index in [1.165, 1.54) is 0 Å². The van der Waals surface area contributed by atoms with Crippen LogP contribution in [0.25, 0.3) is 0 Å². The van der Waals surface area contributed by atoms with Crippen LogP contribution in [0.1, 0.15) is 36.6 Å². The number of fused-ring (bicyclic) bond motifs is 1. The molecule has 0 spiro atoms. The monoisotopic (exact) mass is 285 g/mol. The number of amides is 1. The average molecular weight is 285 g/mol. The average Bonchev–Trinajstić information content (AvgIpc) is 3.10. The first-order chi connectivity index (χ1) is 10.2. The lowest BCUT2D eigenvalue weighted by Crippen LogP contribution is -2.37. The summed E-state index contributed by atoms with van der Waals surface area (Å²) in [4.78, 5) is 18.5. The van der Waals surface area contributed by atoms with E-state index < -0.39 is 0 Å². The second-order valence-electron chi connectivity index (χ2n) is 5.21. The molecule has 1 aromatic carbocycles. The summed E-state index contributed by atoms with van der Waals surface area (Å²) in [6.45, 7) is 2.08. The van der Waals surface area contributed by atoms with Gasteiger partial charge in [0, 0.05) is 18.5 Å². The maximum absolute atomic E-state index is 12.2. The molecule has 1 aliphatic heterocycles. The number of hydrogen-bond acceptors (Lipinski definition) is 4. The van der Waals surface area contributed by atoms with Crippen molar-refractivity contribution in [2.45, 2.75) is 32.2 Å². The molecule has 0 aliphatic carbocycles. The van der Waals surface area contributed by atoms with Crippen LogP contribution in [0.5, 0.6) is 0 Å². The van der Waals surface area contributed by atoms with Gasteiger partial charge in [-0.05, 0) is 18.1 Å². The van der Waals surface area contributed by atoms with Crippen molar-refractivity contribution < 1.29 is 4.79 Å². The third-order valence-corrected chi connectivity index (χ3v) is 3.75. The lowest BCUT2D eigenvalue weighted by atomic mass is 10.1. The quantitative estimate of drug-likeness (QED) is 0.887. The number of nitrogens with one attached hydrogen (secondary N) is 1. The Balaban J connectivity index is 1.96. The largest absolute Gasteiger partial charge is 0.322 e. The van der Waals surface area contributed by atoms with Crippen LogP contribution in [-0.4, -0.2) is 27.6 Å². The summed E-state index contributed by atoms with van der Waals surface area (Å²) in [5.41, 5.74) is 7.61. The molecule has 1 amide bonds. The number of hydrogen-bond donors (Lipinski definition) is 2. The predicted octanol–water partition coefficient (Wildman–Crippen LogP) is 1.35. The van der Waals surface area contributed by atoms with E-state index in [0.29, 0.717) is 5.82 Å². The van der Waals surface area contributed by atoms with Crippen molar-refractivity contribution in [3.63, 3.8) is 0 Å². The summed E-state index contributed by atoms with van der Waals surface area (Å²) in [5, 5.41) is 7.25. The van der Waals surface area contributed by atoms with Gasteiger partial charge in [0.05, 0.1) is 6.54 Å². The molecule has 3 N–H and O–H groups in total. The number of H-pyrrole nitrogens is 1. The highest BCUT2D eigenvalue weighted by molar-refractivity contribution is 5.97. The van der Waals surface area contributed by atoms with E-state index in [-0.39, 0.29) is 18.5 Å². The molecule has 2 heterocycles. The highest BCUT2D eigenvalue weighted by atomic mass is 16.2. The molecule has 0 fully saturated rings. The summed E-state index contributed by atoms with van der Waals surface area (Å²) >= 11 is 0. The highest BCUT2D eigenvalue weighted by Gasteiger charge is 2.36. The minimum Gasteiger partial charge on any atom is -0.322 e. The number of nitrogens with zero attached hydrogens (tertiary/aromatic N) is 3. The van der Waals surface area contributed by atoms with Crippen molar-refractivity contribution in [1.29, 1.82) is 0 Å². The second kappa shape index (κ2) is 5.65. The Bertz CT molecular complexity index is 651. The SMILES string of the molecule is CCCc1nc([C@@H]2Cc3ccccc3N2C(=O)CN)n[nH]1. The van der Waals surface area contributed by atoms with Crippen LogP contribution in [0.4, 0.5) is 5.69 Å². The smallest absolute Gasteiger partial charge is 0.241 e. The van der Waals surface area contributed by atoms with Crippen molar-refractivity contribution in [3.05, 3.63) is 41.5 Å². The fourth-order valence-corrected chi connectivity index (χ4v) is 2.81. The first-order valence-electron chi connectivity index (χ1n) is 7.25. The summed E-state index contributed by atoms with van der Waals surface area (Å²) in [6, 6.07) is 7.72. The molecule has 3 rings (SSSR count). The third-order valence-electron chi connectivity index (χ3n) is 3.75. The molecular weight excluding hydrogens is 266 g/mol. The lowest BCUT2D eigenvalue weighted by Gasteiger charge is -2.22. The molecule has 0 unspecified atom stereocenters. The van der Waals surface area contributed by atoms with E-state index in [4.69, 9.17) is 5.73 Å². The summed E-state index contributed by atoms with van der Waals surface area (Å²) in [5.74, 6) is 1.42. The minimum absolute atomic E-state index is 0.0168. The Morgan fingerprint density at radius 3 is 3.05 bits per heavy atom. The van der Waals surface area contributed by atoms with Gasteiger partial charge in [-0.25, -0.2) is 4.98 Å². The first kappa shape index (κ1) is 13.8. The molecule has 1 aromatic heterocycles. The fourth-order valence-electron chi connectivity index (χ4n) is 2.81. The zero-order chi connectivity index (χ0) is 14.8. The van der Waals surface area contributed by atoms with Gasteiger partial charge in [-0.1, -0.05) is 25.1 Å². The van der Waals surface area contributed by atoms with Crippen LogP contribution in [0.3, 0.4) is 0 Å². The molecular formula is C15H19N5O. The maximum Gasteiger partial charge on any atom is 0.241 e. The van der Waals surface area contributed by atoms with E-state index in [1.54, 1.807) is 4.90 Å². The zero-order valence-corrected chi connectivity index (χ0v) is 12.0. The topological polar surface area (TPSA) is 87.9 Å². The van der Waals surface area contributed by atoms with Crippen molar-refractivity contribution in [3.8, 4) is 0 Å². The van der Waals surface area contributed by atoms with E-state index in [1.807, 2.05) is 24.3 Å². The molecule has 2 aromatic rings. The third kappa shape index (κ3) is 2.42. The Labute approximate surface area is 123 Å². The molecule has 110 valence electrons. The number of carbonyl (C=O) groups excluding carboxylic acids is 1. The molecule has 0 radical (unpaired) electrons. The molecule has 1 atom stereocenters. The fraction of sp³-hybridized carbons (Fsp3) is 0.400. The summed E-state index contributed by atoms with van der Waals surface area (Å²) in [7, 11) is 0. The number of benzene rings is 1. The standard InChI is InChI=1S/C15H19N5O/c1-2-5-13-17-15(19-18-13)12-8-10-6-3-4-7-11(10)20(12)14(21)9-16/h3-4,6-7,12H,2,5,8-9,16H2,1H3,(H,17,18,19)/t12-/m0/s1. The number of para-hydroxylation sites is 1. The number of anilines is 1. The maximum atomic E-state index is 12.2. The van der Waals surface area contributed by atoms with Gasteiger partial charge in [0.25, 0.3) is 0 Å². The number of aromatic nitrogens is 3. The van der Waals surface area contributed by atoms with E-state index in [9.17, 15) is 4.79 Å². The lowest BCUT2D eigenvalue weighted by molar-refractivity contribution is -0.117. The number of nitrogens with two attached hydrogens (primary N) is 1. The summed E-state index contributed by atoms with van der Waals surface area (Å²) < 4.78 is 0. The minimum atomic E-state index is -0.166. The Kier molecular flexibility index (Phi) is 3.70. The van der Waals surface area contributed by atoms with Crippen LogP contribution < -0.4 is 10.6 Å². The second-order valence-corrected chi connectivity index (χ2v) is 5.21. The van der Waals surface area contributed by atoms with E-state index in [2.05, 4.69) is 22.1 Å². The van der Waals surface area contributed by atoms with Crippen molar-refractivity contribution in [1.82, 2.24) is 15.2 Å². The Hall–Kier alpha value is -2.21. The van der Waals surface area contributed by atoms with E-state index >= 15 is 0 Å². The van der Waals surface area contributed by atoms with Gasteiger partial charge in [0.15, 0.2) is 5.82 Å². The van der Waals surface area contributed by atoms with Crippen LogP contribution in [0.15, 0.2) is 24.3 Å². The molecule has 6 nitrogen and oxygen atoms in total. The molecule has 0 saturated heterocycles. The highest BCUT2D eigenvalue weighted by Crippen LogP contribution is 2.39. The number of rotatable bonds is 4. The van der Waals surface area contributed by atoms with Crippen LogP contribution >= 0.6 is 0 Å². The Morgan fingerprint density at radius 2 is 2.29 bits per heavy atom. The van der Waals surface area contributed by atoms with Crippen LogP contribution in [0, 0.1) is 0 Å². The van der Waals surface area contributed by atoms with Gasteiger partial charge < -0.3 is 5.73 Å². The molecule has 1 aliphatic rings. The zero-order valence-electron chi connectivity index (χ0n) is 12.0. The molecule has 6 heteroatoms. The number of aryl methyl sites for hydroxylation is 1. The van der Waals surface area contributed by atoms with Gasteiger partial charge in [-0.2, -0.15) is 5.10 Å². The summed E-state index contributed by atoms with van der Waals surface area (Å²) in [6.07, 6.45) is 2.59. The van der Waals surface area contributed by atoms with Gasteiger partial charge in [-0.15, -0.1) is 0 Å². The predicted molar refractivity (Wildman–Crippen MR) is 79.8 cm³/mol. The normalized spacial score (nSPS) is 17.0. The van der Waals surface area contributed by atoms with Crippen LogP contribution in [-0.2, 0) is 17.6 Å². The Morgan fingerprint density at radius 1 is 1.48 bits per heavy atom. The van der Waals surface area contributed by atoms with E-state index in [0.717, 1.165) is 36.3 Å². The van der Waals surface area contributed by atoms with Crippen LogP contribution in [0.2, 0.25) is 0 Å². The van der Waals surface area contributed by atoms with Crippen molar-refractivity contribution in [2.24, 2.45) is 5.73 Å². The number of carbonyl (C=O) groups is 1. The van der Waals surface area contributed by atoms with Gasteiger partial charge in [0.2, 0.25) is 5.91 Å². The van der Waals surface area contributed by atoms with Crippen molar-refractivity contribution in [2.75, 3.05) is 11.4 Å². The number of aromatic amines is 1. The first-order valence-corrected chi connectivity index (χ1v) is 7.25. The van der Waals surface area contributed by atoms with Gasteiger partial charge in [0.1, 0.15) is 11.9 Å². The molecule has 21 heavy (non-hydrogen) atoms. The van der Waals surface area contributed by atoms with Crippen molar-refractivity contribution >= 4 is 11.6 Å². The molecule has 0 bridgehead atoms. The van der Waals surface area contributed by atoms with Gasteiger partial charge in [-0.3, -0.25) is 14.8 Å². The van der Waals surface area contributed by atoms with Gasteiger partial charge >= 0.3 is 0 Å².